The molecule has 7 heteroatoms. The number of aromatic nitrogens is 1. The number of nitrogens with zero attached hydrogens (tertiary/aromatic N) is 1. The van der Waals surface area contributed by atoms with Crippen LogP contribution in [0.5, 0.6) is 0 Å². The van der Waals surface area contributed by atoms with E-state index in [4.69, 9.17) is 0 Å². The first-order valence-electron chi connectivity index (χ1n) is 5.33. The summed E-state index contributed by atoms with van der Waals surface area (Å²) in [6, 6.07) is 0. The lowest BCUT2D eigenvalue weighted by Gasteiger charge is -2.28. The Morgan fingerprint density at radius 1 is 1.17 bits per heavy atom. The summed E-state index contributed by atoms with van der Waals surface area (Å²) in [4.78, 5) is 2.43. The fourth-order valence-corrected chi connectivity index (χ4v) is 1.11. The molecule has 0 spiro atoms. The van der Waals surface area contributed by atoms with Crippen LogP contribution in [0.2, 0.25) is 0 Å². The lowest BCUT2D eigenvalue weighted by molar-refractivity contribution is 0.0265. The molecule has 0 aliphatic carbocycles. The summed E-state index contributed by atoms with van der Waals surface area (Å²) in [6.45, 7) is 4.57. The van der Waals surface area contributed by atoms with E-state index in [2.05, 4.69) is 10.3 Å². The smallest absolute Gasteiger partial charge is 0.253 e. The molecule has 0 aliphatic rings. The van der Waals surface area contributed by atoms with Crippen molar-refractivity contribution >= 4 is 5.69 Å². The number of hydrogen-bond donors (Lipinski definition) is 2. The van der Waals surface area contributed by atoms with Gasteiger partial charge in [0, 0.05) is 6.54 Å². The van der Waals surface area contributed by atoms with E-state index in [1.165, 1.54) is 6.92 Å². The maximum atomic E-state index is 13.2. The van der Waals surface area contributed by atoms with Gasteiger partial charge in [-0.05, 0) is 12.8 Å². The Morgan fingerprint density at radius 2 is 1.61 bits per heavy atom. The monoisotopic (exact) mass is 266 g/mol. The maximum absolute atomic E-state index is 13.2. The largest absolute Gasteiger partial charge is 0.388 e. The topological polar surface area (TPSA) is 45.1 Å². The third kappa shape index (κ3) is 2.90. The fourth-order valence-electron chi connectivity index (χ4n) is 1.11. The molecule has 3 nitrogen and oxygen atoms in total. The second-order valence-electron chi connectivity index (χ2n) is 4.56. The van der Waals surface area contributed by atoms with Crippen molar-refractivity contribution in [3.05, 3.63) is 23.5 Å². The van der Waals surface area contributed by atoms with Crippen LogP contribution >= 0.6 is 0 Å². The van der Waals surface area contributed by atoms with Crippen LogP contribution in [0.1, 0.15) is 20.8 Å². The van der Waals surface area contributed by atoms with Crippen LogP contribution in [0.3, 0.4) is 0 Å². The number of pyridine rings is 1. The molecule has 0 fully saturated rings. The van der Waals surface area contributed by atoms with Gasteiger partial charge in [-0.2, -0.15) is 22.5 Å². The average Bonchev–Trinajstić information content (AvgIpc) is 2.26. The summed E-state index contributed by atoms with van der Waals surface area (Å²) in [5.74, 6) is -6.92. The summed E-state index contributed by atoms with van der Waals surface area (Å²) in [5, 5.41) is 12.0. The van der Waals surface area contributed by atoms with Crippen molar-refractivity contribution in [3.63, 3.8) is 0 Å². The number of halogens is 4. The molecular weight excluding hydrogens is 252 g/mol. The van der Waals surface area contributed by atoms with Crippen LogP contribution in [-0.2, 0) is 0 Å². The normalized spacial score (nSPS) is 14.7. The van der Waals surface area contributed by atoms with E-state index in [1.807, 2.05) is 0 Å². The molecule has 2 N–H and O–H groups in total. The molecule has 0 radical (unpaired) electrons. The van der Waals surface area contributed by atoms with Crippen LogP contribution in [0.25, 0.3) is 0 Å². The summed E-state index contributed by atoms with van der Waals surface area (Å²) in [6.07, 6.45) is 0. The molecule has 1 unspecified atom stereocenters. The van der Waals surface area contributed by atoms with Crippen LogP contribution in [0, 0.1) is 29.4 Å². The van der Waals surface area contributed by atoms with Crippen LogP contribution < -0.4 is 5.32 Å². The highest BCUT2D eigenvalue weighted by molar-refractivity contribution is 5.45. The molecule has 0 bridgehead atoms. The number of hydrogen-bond acceptors (Lipinski definition) is 3. The molecular formula is C11H14F4N2O. The van der Waals surface area contributed by atoms with Gasteiger partial charge in [0.25, 0.3) is 11.9 Å². The highest BCUT2D eigenvalue weighted by Crippen LogP contribution is 2.24. The lowest BCUT2D eigenvalue weighted by atomic mass is 9.92. The van der Waals surface area contributed by atoms with E-state index < -0.39 is 34.8 Å². The molecule has 18 heavy (non-hydrogen) atoms. The third-order valence-electron chi connectivity index (χ3n) is 2.86. The van der Waals surface area contributed by atoms with Gasteiger partial charge in [0.15, 0.2) is 0 Å². The molecule has 0 aliphatic heterocycles. The van der Waals surface area contributed by atoms with E-state index in [0.29, 0.717) is 0 Å². The van der Waals surface area contributed by atoms with Crippen molar-refractivity contribution in [2.75, 3.05) is 11.9 Å². The minimum Gasteiger partial charge on any atom is -0.388 e. The quantitative estimate of drug-likeness (QED) is 0.650. The van der Waals surface area contributed by atoms with Gasteiger partial charge in [0.1, 0.15) is 5.69 Å². The fraction of sp³-hybridized carbons (Fsp3) is 0.545. The van der Waals surface area contributed by atoms with Crippen molar-refractivity contribution in [3.8, 4) is 0 Å². The summed E-state index contributed by atoms with van der Waals surface area (Å²) >= 11 is 0. The van der Waals surface area contributed by atoms with Gasteiger partial charge in [0.2, 0.25) is 11.6 Å². The highest BCUT2D eigenvalue weighted by atomic mass is 19.2. The predicted octanol–water partition coefficient (Wildman–Crippen LogP) is 2.46. The first-order chi connectivity index (χ1) is 8.16. The maximum Gasteiger partial charge on any atom is 0.253 e. The minimum absolute atomic E-state index is 0.215. The molecule has 0 amide bonds. The zero-order valence-corrected chi connectivity index (χ0v) is 10.2. The number of nitrogens with one attached hydrogen (secondary N) is 1. The Morgan fingerprint density at radius 3 is 2.00 bits per heavy atom. The van der Waals surface area contributed by atoms with Crippen molar-refractivity contribution in [1.82, 2.24) is 4.98 Å². The Balaban J connectivity index is 2.99. The zero-order chi connectivity index (χ0) is 14.1. The SMILES string of the molecule is CC(C)C(C)(O)CNc1c(F)c(F)nc(F)c1F. The van der Waals surface area contributed by atoms with Gasteiger partial charge < -0.3 is 10.4 Å². The van der Waals surface area contributed by atoms with E-state index in [0.717, 1.165) is 0 Å². The van der Waals surface area contributed by atoms with Crippen LogP contribution in [0.4, 0.5) is 23.2 Å². The average molecular weight is 266 g/mol. The first kappa shape index (κ1) is 14.7. The standard InChI is InChI=1S/C11H14F4N2O/c1-5(2)11(3,18)4-16-8-6(12)9(14)17-10(15)7(8)13/h5,18H,4H2,1-3H3,(H,16,17). The van der Waals surface area contributed by atoms with Crippen LogP contribution in [0.15, 0.2) is 0 Å². The highest BCUT2D eigenvalue weighted by Gasteiger charge is 2.27. The van der Waals surface area contributed by atoms with E-state index in [9.17, 15) is 22.7 Å². The van der Waals surface area contributed by atoms with E-state index in [1.54, 1.807) is 13.8 Å². The molecule has 102 valence electrons. The van der Waals surface area contributed by atoms with E-state index in [-0.39, 0.29) is 12.5 Å². The molecule has 1 aromatic heterocycles. The van der Waals surface area contributed by atoms with Gasteiger partial charge in [-0.3, -0.25) is 0 Å². The molecule has 1 aromatic rings. The summed E-state index contributed by atoms with van der Waals surface area (Å²) < 4.78 is 52.1. The second-order valence-corrected chi connectivity index (χ2v) is 4.56. The predicted molar refractivity (Wildman–Crippen MR) is 58.0 cm³/mol. The molecule has 1 rings (SSSR count). The Kier molecular flexibility index (Phi) is 4.16. The van der Waals surface area contributed by atoms with Gasteiger partial charge in [0.05, 0.1) is 5.60 Å². The van der Waals surface area contributed by atoms with Gasteiger partial charge in [-0.1, -0.05) is 13.8 Å². The zero-order valence-electron chi connectivity index (χ0n) is 10.2. The van der Waals surface area contributed by atoms with Gasteiger partial charge >= 0.3 is 0 Å². The molecule has 0 saturated heterocycles. The third-order valence-corrected chi connectivity index (χ3v) is 2.86. The Bertz CT molecular complexity index is 423. The van der Waals surface area contributed by atoms with E-state index >= 15 is 0 Å². The lowest BCUT2D eigenvalue weighted by Crippen LogP contribution is -2.39. The first-order valence-corrected chi connectivity index (χ1v) is 5.33. The Hall–Kier alpha value is -1.37. The summed E-state index contributed by atoms with van der Waals surface area (Å²) in [7, 11) is 0. The van der Waals surface area contributed by atoms with Crippen molar-refractivity contribution in [1.29, 1.82) is 0 Å². The van der Waals surface area contributed by atoms with Crippen molar-refractivity contribution in [2.45, 2.75) is 26.4 Å². The van der Waals surface area contributed by atoms with Gasteiger partial charge in [-0.25, -0.2) is 0 Å². The second kappa shape index (κ2) is 5.09. The number of aliphatic hydroxyl groups is 1. The molecule has 1 atom stereocenters. The Labute approximate surface area is 102 Å². The molecule has 1 heterocycles. The summed E-state index contributed by atoms with van der Waals surface area (Å²) in [5.41, 5.74) is -2.25. The molecule has 0 saturated carbocycles. The number of rotatable bonds is 4. The van der Waals surface area contributed by atoms with Crippen LogP contribution in [-0.4, -0.2) is 22.2 Å². The van der Waals surface area contributed by atoms with Gasteiger partial charge in [-0.15, -0.1) is 0 Å². The number of anilines is 1. The van der Waals surface area contributed by atoms with Crippen molar-refractivity contribution in [2.24, 2.45) is 5.92 Å². The molecule has 0 aromatic carbocycles. The van der Waals surface area contributed by atoms with Crippen molar-refractivity contribution < 1.29 is 22.7 Å². The minimum atomic E-state index is -1.74.